The van der Waals surface area contributed by atoms with Gasteiger partial charge in [0.25, 0.3) is 11.8 Å². The van der Waals surface area contributed by atoms with Gasteiger partial charge in [-0.15, -0.1) is 0 Å². The fourth-order valence-corrected chi connectivity index (χ4v) is 4.60. The van der Waals surface area contributed by atoms with Crippen molar-refractivity contribution in [2.24, 2.45) is 0 Å². The van der Waals surface area contributed by atoms with E-state index in [-0.39, 0.29) is 18.2 Å². The smallest absolute Gasteiger partial charge is 0.273 e. The van der Waals surface area contributed by atoms with Crippen molar-refractivity contribution in [3.8, 4) is 0 Å². The van der Waals surface area contributed by atoms with E-state index in [0.717, 1.165) is 17.5 Å². The first-order valence-corrected chi connectivity index (χ1v) is 12.3. The Kier molecular flexibility index (Phi) is 7.00. The topological polar surface area (TPSA) is 109 Å². The van der Waals surface area contributed by atoms with E-state index in [2.05, 4.69) is 27.6 Å². The Labute approximate surface area is 208 Å². The second-order valence-corrected chi connectivity index (χ2v) is 10.2. The quantitative estimate of drug-likeness (QED) is 0.352. The van der Waals surface area contributed by atoms with E-state index >= 15 is 0 Å². The zero-order chi connectivity index (χ0) is 25.2. The van der Waals surface area contributed by atoms with Crippen LogP contribution in [-0.2, 0) is 12.0 Å². The maximum absolute atomic E-state index is 13.2. The number of thiazole rings is 1. The molecule has 2 amide bonds. The van der Waals surface area contributed by atoms with Crippen LogP contribution < -0.4 is 10.6 Å². The van der Waals surface area contributed by atoms with Crippen molar-refractivity contribution in [3.63, 3.8) is 0 Å². The second kappa shape index (κ2) is 9.97. The van der Waals surface area contributed by atoms with Crippen molar-refractivity contribution < 1.29 is 14.7 Å². The van der Waals surface area contributed by atoms with E-state index in [1.54, 1.807) is 16.8 Å². The van der Waals surface area contributed by atoms with Crippen molar-refractivity contribution in [2.45, 2.75) is 45.7 Å². The number of nitrogens with one attached hydrogen (secondary N) is 2. The monoisotopic (exact) mass is 491 g/mol. The summed E-state index contributed by atoms with van der Waals surface area (Å²) in [7, 11) is 0. The molecule has 2 aromatic carbocycles. The number of benzene rings is 2. The largest absolute Gasteiger partial charge is 0.394 e. The number of nitrogens with zero attached hydrogens (tertiary/aromatic N) is 3. The van der Waals surface area contributed by atoms with Crippen LogP contribution in [0.4, 0.5) is 5.13 Å². The highest BCUT2D eigenvalue weighted by Gasteiger charge is 2.28. The SMILES string of the molecule is CCc1ccc(C(=O)Nc2nc3c(s2)c(C(=O)N[C@H](CO)c2ccccc2)nn3C(C)(C)C)cc1. The fourth-order valence-electron chi connectivity index (χ4n) is 3.68. The summed E-state index contributed by atoms with van der Waals surface area (Å²) in [5, 5.41) is 20.5. The number of aromatic nitrogens is 3. The van der Waals surface area contributed by atoms with Crippen LogP contribution in [0.1, 0.15) is 65.7 Å². The van der Waals surface area contributed by atoms with Gasteiger partial charge in [0.05, 0.1) is 18.2 Å². The number of carbonyl (C=O) groups is 2. The molecule has 9 heteroatoms. The van der Waals surface area contributed by atoms with E-state index in [1.165, 1.54) is 11.3 Å². The average molecular weight is 492 g/mol. The summed E-state index contributed by atoms with van der Waals surface area (Å²) in [5.74, 6) is -0.688. The molecule has 4 aromatic rings. The van der Waals surface area contributed by atoms with Crippen LogP contribution in [0.3, 0.4) is 0 Å². The molecule has 3 N–H and O–H groups in total. The minimum absolute atomic E-state index is 0.203. The number of hydrogen-bond acceptors (Lipinski definition) is 6. The number of rotatable bonds is 7. The van der Waals surface area contributed by atoms with Gasteiger partial charge in [-0.2, -0.15) is 10.1 Å². The highest BCUT2D eigenvalue weighted by molar-refractivity contribution is 7.22. The van der Waals surface area contributed by atoms with Crippen molar-refractivity contribution >= 4 is 38.6 Å². The van der Waals surface area contributed by atoms with Gasteiger partial charge in [-0.05, 0) is 50.5 Å². The Morgan fingerprint density at radius 2 is 1.74 bits per heavy atom. The number of carbonyl (C=O) groups excluding carboxylic acids is 2. The maximum Gasteiger partial charge on any atom is 0.273 e. The Balaban J connectivity index is 1.65. The third-order valence-corrected chi connectivity index (χ3v) is 6.58. The molecule has 0 saturated carbocycles. The van der Waals surface area contributed by atoms with Crippen LogP contribution in [0.25, 0.3) is 10.3 Å². The van der Waals surface area contributed by atoms with Crippen LogP contribution in [0.15, 0.2) is 54.6 Å². The lowest BCUT2D eigenvalue weighted by molar-refractivity contribution is 0.0910. The lowest BCUT2D eigenvalue weighted by atomic mass is 10.1. The standard InChI is InChI=1S/C26H29N5O3S/c1-5-16-11-13-18(14-12-16)23(33)29-25-28-22-21(35-25)20(30-31(22)26(2,3)4)24(34)27-19(15-32)17-9-7-6-8-10-17/h6-14,19,32H,5,15H2,1-4H3,(H,27,34)(H,28,29,33)/t19-/m1/s1. The minimum Gasteiger partial charge on any atom is -0.394 e. The fraction of sp³-hybridized carbons (Fsp3) is 0.308. The summed E-state index contributed by atoms with van der Waals surface area (Å²) in [6, 6.07) is 16.1. The van der Waals surface area contributed by atoms with Gasteiger partial charge in [-0.25, -0.2) is 4.68 Å². The first-order valence-electron chi connectivity index (χ1n) is 11.5. The highest BCUT2D eigenvalue weighted by atomic mass is 32.1. The first-order chi connectivity index (χ1) is 16.7. The van der Waals surface area contributed by atoms with E-state index < -0.39 is 17.5 Å². The summed E-state index contributed by atoms with van der Waals surface area (Å²) < 4.78 is 2.26. The maximum atomic E-state index is 13.2. The minimum atomic E-state index is -0.572. The number of hydrogen-bond donors (Lipinski definition) is 3. The Morgan fingerprint density at radius 3 is 2.34 bits per heavy atom. The van der Waals surface area contributed by atoms with Gasteiger partial charge in [-0.3, -0.25) is 14.9 Å². The molecule has 0 unspecified atom stereocenters. The normalized spacial score (nSPS) is 12.5. The van der Waals surface area contributed by atoms with Crippen LogP contribution in [0.5, 0.6) is 0 Å². The Morgan fingerprint density at radius 1 is 1.06 bits per heavy atom. The predicted molar refractivity (Wildman–Crippen MR) is 138 cm³/mol. The number of aliphatic hydroxyl groups is 1. The molecule has 35 heavy (non-hydrogen) atoms. The molecule has 182 valence electrons. The predicted octanol–water partition coefficient (Wildman–Crippen LogP) is 4.53. The van der Waals surface area contributed by atoms with Crippen LogP contribution >= 0.6 is 11.3 Å². The van der Waals surface area contributed by atoms with Crippen molar-refractivity contribution in [3.05, 3.63) is 77.0 Å². The van der Waals surface area contributed by atoms with Gasteiger partial charge in [-0.1, -0.05) is 60.7 Å². The van der Waals surface area contributed by atoms with Gasteiger partial charge in [0.2, 0.25) is 0 Å². The zero-order valence-electron chi connectivity index (χ0n) is 20.2. The van der Waals surface area contributed by atoms with Gasteiger partial charge in [0, 0.05) is 5.56 Å². The number of fused-ring (bicyclic) bond motifs is 1. The molecule has 0 aliphatic carbocycles. The van der Waals surface area contributed by atoms with Crippen molar-refractivity contribution in [1.82, 2.24) is 20.1 Å². The average Bonchev–Trinajstić information content (AvgIpc) is 3.41. The summed E-state index contributed by atoms with van der Waals surface area (Å²) in [6.45, 7) is 7.71. The molecule has 0 bridgehead atoms. The van der Waals surface area contributed by atoms with Gasteiger partial charge in [0.1, 0.15) is 4.70 Å². The lowest BCUT2D eigenvalue weighted by Gasteiger charge is -2.19. The molecule has 8 nitrogen and oxygen atoms in total. The molecule has 0 spiro atoms. The van der Waals surface area contributed by atoms with Crippen LogP contribution in [0.2, 0.25) is 0 Å². The highest BCUT2D eigenvalue weighted by Crippen LogP contribution is 2.32. The molecular weight excluding hydrogens is 462 g/mol. The van der Waals surface area contributed by atoms with E-state index in [4.69, 9.17) is 0 Å². The van der Waals surface area contributed by atoms with Gasteiger partial charge < -0.3 is 10.4 Å². The molecule has 2 heterocycles. The van der Waals surface area contributed by atoms with E-state index in [9.17, 15) is 14.7 Å². The summed E-state index contributed by atoms with van der Waals surface area (Å²) >= 11 is 1.20. The molecule has 4 rings (SSSR count). The Bertz CT molecular complexity index is 1340. The molecule has 0 saturated heterocycles. The van der Waals surface area contributed by atoms with Crippen LogP contribution in [0, 0.1) is 0 Å². The van der Waals surface area contributed by atoms with E-state index in [0.29, 0.717) is 21.0 Å². The number of aliphatic hydroxyl groups excluding tert-OH is 1. The number of anilines is 1. The Hall–Kier alpha value is -3.56. The number of amides is 2. The first kappa shape index (κ1) is 24.6. The third-order valence-electron chi connectivity index (χ3n) is 5.61. The summed E-state index contributed by atoms with van der Waals surface area (Å²) in [6.07, 6.45) is 0.898. The van der Waals surface area contributed by atoms with Gasteiger partial charge in [0.15, 0.2) is 16.5 Å². The molecular formula is C26H29N5O3S. The molecule has 0 aliphatic heterocycles. The van der Waals surface area contributed by atoms with Gasteiger partial charge >= 0.3 is 0 Å². The molecule has 0 fully saturated rings. The van der Waals surface area contributed by atoms with Crippen molar-refractivity contribution in [1.29, 1.82) is 0 Å². The summed E-state index contributed by atoms with van der Waals surface area (Å²) in [5.41, 5.74) is 2.75. The van der Waals surface area contributed by atoms with Crippen molar-refractivity contribution in [2.75, 3.05) is 11.9 Å². The number of aryl methyl sites for hydroxylation is 1. The zero-order valence-corrected chi connectivity index (χ0v) is 21.0. The molecule has 2 aromatic heterocycles. The second-order valence-electron chi connectivity index (χ2n) is 9.23. The summed E-state index contributed by atoms with van der Waals surface area (Å²) in [4.78, 5) is 30.6. The molecule has 0 aliphatic rings. The van der Waals surface area contributed by atoms with E-state index in [1.807, 2.05) is 63.2 Å². The van der Waals surface area contributed by atoms with Crippen LogP contribution in [-0.4, -0.2) is 38.3 Å². The molecule has 0 radical (unpaired) electrons. The lowest BCUT2D eigenvalue weighted by Crippen LogP contribution is -2.31. The third kappa shape index (κ3) is 5.26. The molecule has 1 atom stereocenters.